The first-order valence-electron chi connectivity index (χ1n) is 3.41. The number of aryl methyl sites for hydroxylation is 1. The second kappa shape index (κ2) is 3.25. The molecule has 0 spiro atoms. The van der Waals surface area contributed by atoms with Gasteiger partial charge in [-0.25, -0.2) is 4.98 Å². The lowest BCUT2D eigenvalue weighted by Crippen LogP contribution is -2.02. The molecule has 12 heavy (non-hydrogen) atoms. The van der Waals surface area contributed by atoms with Crippen LogP contribution in [0.4, 0.5) is 5.82 Å². The molecule has 0 saturated heterocycles. The average molecular weight is 169 g/mol. The quantitative estimate of drug-likeness (QED) is 0.693. The molecule has 0 atom stereocenters. The zero-order valence-corrected chi connectivity index (χ0v) is 7.29. The number of ether oxygens (including phenoxy) is 2. The Balaban J connectivity index is 3.24. The fraction of sp³-hybridized carbons (Fsp3) is 0.429. The number of nitrogens with zero attached hydrogens (tertiary/aromatic N) is 2. The van der Waals surface area contributed by atoms with Gasteiger partial charge in [0.05, 0.1) is 14.2 Å². The van der Waals surface area contributed by atoms with E-state index in [-0.39, 0.29) is 0 Å². The van der Waals surface area contributed by atoms with Crippen LogP contribution in [0.5, 0.6) is 11.6 Å². The number of nitrogen functional groups attached to an aromatic ring is 1. The minimum Gasteiger partial charge on any atom is -0.489 e. The van der Waals surface area contributed by atoms with E-state index in [4.69, 9.17) is 15.2 Å². The number of hydrogen-bond acceptors (Lipinski definition) is 5. The van der Waals surface area contributed by atoms with Gasteiger partial charge in [0.2, 0.25) is 5.75 Å². The Bertz CT molecular complexity index is 288. The number of anilines is 1. The second-order valence-electron chi connectivity index (χ2n) is 2.20. The van der Waals surface area contributed by atoms with Crippen LogP contribution in [0, 0.1) is 6.92 Å². The third-order valence-corrected chi connectivity index (χ3v) is 1.37. The Morgan fingerprint density at radius 2 is 1.83 bits per heavy atom. The molecule has 1 rings (SSSR count). The van der Waals surface area contributed by atoms with Gasteiger partial charge < -0.3 is 15.2 Å². The molecule has 0 aliphatic rings. The van der Waals surface area contributed by atoms with Crippen LogP contribution in [0.15, 0.2) is 0 Å². The van der Waals surface area contributed by atoms with Gasteiger partial charge in [-0.05, 0) is 6.92 Å². The summed E-state index contributed by atoms with van der Waals surface area (Å²) in [4.78, 5) is 7.90. The zero-order valence-electron chi connectivity index (χ0n) is 7.29. The molecule has 0 bridgehead atoms. The number of hydrogen-bond donors (Lipinski definition) is 1. The lowest BCUT2D eigenvalue weighted by atomic mass is 10.5. The predicted molar refractivity (Wildman–Crippen MR) is 44.3 cm³/mol. The molecule has 0 amide bonds. The lowest BCUT2D eigenvalue weighted by molar-refractivity contribution is 0.341. The molecule has 66 valence electrons. The highest BCUT2D eigenvalue weighted by Gasteiger charge is 2.10. The maximum atomic E-state index is 5.55. The molecule has 2 N–H and O–H groups in total. The van der Waals surface area contributed by atoms with Crippen LogP contribution in [0.2, 0.25) is 0 Å². The van der Waals surface area contributed by atoms with E-state index in [0.29, 0.717) is 23.3 Å². The number of aromatic nitrogens is 2. The molecule has 0 unspecified atom stereocenters. The molecule has 0 radical (unpaired) electrons. The highest BCUT2D eigenvalue weighted by Crippen LogP contribution is 2.28. The number of rotatable bonds is 2. The molecule has 1 aromatic heterocycles. The highest BCUT2D eigenvalue weighted by atomic mass is 16.5. The predicted octanol–water partition coefficient (Wildman–Crippen LogP) is 0.384. The Kier molecular flexibility index (Phi) is 2.32. The van der Waals surface area contributed by atoms with Crippen LogP contribution in [-0.4, -0.2) is 24.2 Å². The van der Waals surface area contributed by atoms with Crippen molar-refractivity contribution in [3.05, 3.63) is 5.82 Å². The van der Waals surface area contributed by atoms with Crippen LogP contribution in [0.25, 0.3) is 0 Å². The van der Waals surface area contributed by atoms with Crippen LogP contribution >= 0.6 is 0 Å². The van der Waals surface area contributed by atoms with Crippen molar-refractivity contribution in [1.82, 2.24) is 9.97 Å². The second-order valence-corrected chi connectivity index (χ2v) is 2.20. The van der Waals surface area contributed by atoms with Crippen LogP contribution in [0.1, 0.15) is 5.82 Å². The molecular weight excluding hydrogens is 158 g/mol. The SMILES string of the molecule is COc1nc(C)nc(N)c1OC. The largest absolute Gasteiger partial charge is 0.489 e. The normalized spacial score (nSPS) is 9.58. The van der Waals surface area contributed by atoms with Crippen LogP contribution < -0.4 is 15.2 Å². The smallest absolute Gasteiger partial charge is 0.262 e. The topological polar surface area (TPSA) is 70.3 Å². The summed E-state index contributed by atoms with van der Waals surface area (Å²) in [6.45, 7) is 1.73. The summed E-state index contributed by atoms with van der Waals surface area (Å²) in [5.74, 6) is 1.60. The van der Waals surface area contributed by atoms with Crippen molar-refractivity contribution in [2.75, 3.05) is 20.0 Å². The van der Waals surface area contributed by atoms with Crippen molar-refractivity contribution < 1.29 is 9.47 Å². The molecule has 0 aliphatic heterocycles. The molecule has 5 heteroatoms. The summed E-state index contributed by atoms with van der Waals surface area (Å²) in [6.07, 6.45) is 0. The third-order valence-electron chi connectivity index (χ3n) is 1.37. The Hall–Kier alpha value is -1.52. The van der Waals surface area contributed by atoms with E-state index in [1.165, 1.54) is 14.2 Å². The van der Waals surface area contributed by atoms with E-state index in [1.54, 1.807) is 6.92 Å². The molecule has 5 nitrogen and oxygen atoms in total. The van der Waals surface area contributed by atoms with Crippen molar-refractivity contribution in [2.24, 2.45) is 0 Å². The molecule has 1 heterocycles. The molecular formula is C7H11N3O2. The maximum Gasteiger partial charge on any atom is 0.262 e. The number of methoxy groups -OCH3 is 2. The molecule has 0 aromatic carbocycles. The summed E-state index contributed by atoms with van der Waals surface area (Å²) < 4.78 is 9.89. The van der Waals surface area contributed by atoms with E-state index in [9.17, 15) is 0 Å². The zero-order chi connectivity index (χ0) is 9.14. The summed E-state index contributed by atoms with van der Waals surface area (Å²) in [5.41, 5.74) is 5.55. The van der Waals surface area contributed by atoms with Gasteiger partial charge in [-0.15, -0.1) is 0 Å². The first-order chi connectivity index (χ1) is 5.69. The third kappa shape index (κ3) is 1.39. The number of nitrogens with two attached hydrogens (primary N) is 1. The minimum absolute atomic E-state index is 0.293. The summed E-state index contributed by atoms with van der Waals surface area (Å²) >= 11 is 0. The lowest BCUT2D eigenvalue weighted by Gasteiger charge is -2.08. The van der Waals surface area contributed by atoms with E-state index in [0.717, 1.165) is 0 Å². The van der Waals surface area contributed by atoms with Gasteiger partial charge >= 0.3 is 0 Å². The van der Waals surface area contributed by atoms with Gasteiger partial charge in [-0.2, -0.15) is 4.98 Å². The first kappa shape index (κ1) is 8.58. The maximum absolute atomic E-state index is 5.55. The van der Waals surface area contributed by atoms with Gasteiger partial charge in [0.1, 0.15) is 5.82 Å². The molecule has 1 aromatic rings. The highest BCUT2D eigenvalue weighted by molar-refractivity contribution is 5.52. The van der Waals surface area contributed by atoms with Gasteiger partial charge in [0.15, 0.2) is 5.82 Å². The van der Waals surface area contributed by atoms with Crippen molar-refractivity contribution in [2.45, 2.75) is 6.92 Å². The summed E-state index contributed by atoms with van der Waals surface area (Å²) in [5, 5.41) is 0. The minimum atomic E-state index is 0.293. The molecule has 0 saturated carbocycles. The van der Waals surface area contributed by atoms with Crippen molar-refractivity contribution >= 4 is 5.82 Å². The van der Waals surface area contributed by atoms with E-state index >= 15 is 0 Å². The Morgan fingerprint density at radius 1 is 1.17 bits per heavy atom. The fourth-order valence-corrected chi connectivity index (χ4v) is 0.888. The summed E-state index contributed by atoms with van der Waals surface area (Å²) in [6, 6.07) is 0. The van der Waals surface area contributed by atoms with Gasteiger partial charge in [0.25, 0.3) is 5.88 Å². The van der Waals surface area contributed by atoms with Crippen molar-refractivity contribution in [3.8, 4) is 11.6 Å². The van der Waals surface area contributed by atoms with E-state index < -0.39 is 0 Å². The van der Waals surface area contributed by atoms with Crippen molar-refractivity contribution in [3.63, 3.8) is 0 Å². The van der Waals surface area contributed by atoms with Gasteiger partial charge in [-0.3, -0.25) is 0 Å². The van der Waals surface area contributed by atoms with Crippen LogP contribution in [0.3, 0.4) is 0 Å². The Morgan fingerprint density at radius 3 is 2.33 bits per heavy atom. The molecule has 0 aliphatic carbocycles. The monoisotopic (exact) mass is 169 g/mol. The first-order valence-corrected chi connectivity index (χ1v) is 3.41. The van der Waals surface area contributed by atoms with E-state index in [2.05, 4.69) is 9.97 Å². The van der Waals surface area contributed by atoms with Gasteiger partial charge in [-0.1, -0.05) is 0 Å². The van der Waals surface area contributed by atoms with E-state index in [1.807, 2.05) is 0 Å². The average Bonchev–Trinajstić information content (AvgIpc) is 2.03. The fourth-order valence-electron chi connectivity index (χ4n) is 0.888. The standard InChI is InChI=1S/C7H11N3O2/c1-4-9-6(8)5(11-2)7(10-4)12-3/h1-3H3,(H2,8,9,10). The van der Waals surface area contributed by atoms with Crippen LogP contribution in [-0.2, 0) is 0 Å². The van der Waals surface area contributed by atoms with Gasteiger partial charge in [0, 0.05) is 0 Å². The van der Waals surface area contributed by atoms with Crippen molar-refractivity contribution in [1.29, 1.82) is 0 Å². The Labute approximate surface area is 70.5 Å². The summed E-state index contributed by atoms with van der Waals surface area (Å²) in [7, 11) is 3.00. The molecule has 0 fully saturated rings.